The van der Waals surface area contributed by atoms with Crippen LogP contribution in [0.2, 0.25) is 0 Å². The molecule has 0 aromatic heterocycles. The fraction of sp³-hybridized carbons (Fsp3) is 0.571. The van der Waals surface area contributed by atoms with Gasteiger partial charge in [0.15, 0.2) is 0 Å². The van der Waals surface area contributed by atoms with Crippen molar-refractivity contribution in [1.82, 2.24) is 4.90 Å². The van der Waals surface area contributed by atoms with Crippen LogP contribution in [0.3, 0.4) is 0 Å². The molecule has 2 nitrogen and oxygen atoms in total. The van der Waals surface area contributed by atoms with E-state index in [2.05, 4.69) is 34.7 Å². The summed E-state index contributed by atoms with van der Waals surface area (Å²) in [6, 6.07) is 7.99. The third-order valence-electron chi connectivity index (χ3n) is 2.86. The molecule has 0 unspecified atom stereocenters. The highest BCUT2D eigenvalue weighted by Gasteiger charge is 2.00. The van der Waals surface area contributed by atoms with Crippen molar-refractivity contribution in [2.75, 3.05) is 26.2 Å². The molecule has 1 aromatic carbocycles. The number of hydrogen-bond donors (Lipinski definition) is 0. The maximum atomic E-state index is 5.72. The first-order chi connectivity index (χ1) is 8.27. The maximum absolute atomic E-state index is 5.72. The van der Waals surface area contributed by atoms with Crippen molar-refractivity contribution >= 4 is 15.9 Å². The van der Waals surface area contributed by atoms with E-state index in [1.807, 2.05) is 24.3 Å². The van der Waals surface area contributed by atoms with E-state index >= 15 is 0 Å². The molecule has 1 aromatic rings. The summed E-state index contributed by atoms with van der Waals surface area (Å²) in [7, 11) is 0. The second-order valence-electron chi connectivity index (χ2n) is 4.01. The summed E-state index contributed by atoms with van der Waals surface area (Å²) < 4.78 is 6.75. The molecule has 0 heterocycles. The van der Waals surface area contributed by atoms with E-state index in [-0.39, 0.29) is 0 Å². The second kappa shape index (κ2) is 8.54. The molecule has 0 amide bonds. The normalized spacial score (nSPS) is 10.8. The third kappa shape index (κ3) is 5.55. The molecule has 96 valence electrons. The summed E-state index contributed by atoms with van der Waals surface area (Å²) in [6.07, 6.45) is 2.31. The number of ether oxygens (including phenoxy) is 1. The lowest BCUT2D eigenvalue weighted by atomic mass is 10.3. The average Bonchev–Trinajstić information content (AvgIpc) is 2.36. The van der Waals surface area contributed by atoms with Gasteiger partial charge in [-0.3, -0.25) is 0 Å². The molecule has 3 heteroatoms. The molecule has 0 atom stereocenters. The molecule has 0 aliphatic carbocycles. The zero-order chi connectivity index (χ0) is 12.5. The van der Waals surface area contributed by atoms with Crippen LogP contribution in [-0.2, 0) is 0 Å². The molecule has 0 bridgehead atoms. The SMILES string of the molecule is CCN(CC)CCCCOc1ccccc1Br. The zero-order valence-corrected chi connectivity index (χ0v) is 12.4. The Hall–Kier alpha value is -0.540. The van der Waals surface area contributed by atoms with Gasteiger partial charge in [-0.2, -0.15) is 0 Å². The van der Waals surface area contributed by atoms with Crippen LogP contribution in [0.4, 0.5) is 0 Å². The number of benzene rings is 1. The van der Waals surface area contributed by atoms with E-state index in [4.69, 9.17) is 4.74 Å². The molecule has 0 saturated heterocycles. The van der Waals surface area contributed by atoms with E-state index in [9.17, 15) is 0 Å². The number of unbranched alkanes of at least 4 members (excludes halogenated alkanes) is 1. The van der Waals surface area contributed by atoms with Gasteiger partial charge >= 0.3 is 0 Å². The zero-order valence-electron chi connectivity index (χ0n) is 10.8. The Morgan fingerprint density at radius 2 is 1.82 bits per heavy atom. The first kappa shape index (κ1) is 14.5. The predicted molar refractivity (Wildman–Crippen MR) is 76.7 cm³/mol. The number of para-hydroxylation sites is 1. The summed E-state index contributed by atoms with van der Waals surface area (Å²) in [6.45, 7) is 8.67. The van der Waals surface area contributed by atoms with Gasteiger partial charge in [0.2, 0.25) is 0 Å². The molecule has 1 rings (SSSR count). The molecule has 0 N–H and O–H groups in total. The van der Waals surface area contributed by atoms with Crippen molar-refractivity contribution in [2.24, 2.45) is 0 Å². The summed E-state index contributed by atoms with van der Waals surface area (Å²) in [5.41, 5.74) is 0. The van der Waals surface area contributed by atoms with Crippen molar-refractivity contribution in [3.05, 3.63) is 28.7 Å². The summed E-state index contributed by atoms with van der Waals surface area (Å²) in [5.74, 6) is 0.940. The van der Waals surface area contributed by atoms with E-state index < -0.39 is 0 Å². The fourth-order valence-corrected chi connectivity index (χ4v) is 2.12. The highest BCUT2D eigenvalue weighted by molar-refractivity contribution is 9.10. The third-order valence-corrected chi connectivity index (χ3v) is 3.51. The van der Waals surface area contributed by atoms with Gasteiger partial charge in [-0.1, -0.05) is 26.0 Å². The lowest BCUT2D eigenvalue weighted by molar-refractivity contribution is 0.265. The smallest absolute Gasteiger partial charge is 0.133 e. The van der Waals surface area contributed by atoms with Gasteiger partial charge in [0, 0.05) is 0 Å². The van der Waals surface area contributed by atoms with Crippen LogP contribution in [0.1, 0.15) is 26.7 Å². The summed E-state index contributed by atoms with van der Waals surface area (Å²) >= 11 is 3.48. The topological polar surface area (TPSA) is 12.5 Å². The van der Waals surface area contributed by atoms with E-state index in [0.29, 0.717) is 0 Å². The van der Waals surface area contributed by atoms with Crippen LogP contribution in [0.15, 0.2) is 28.7 Å². The maximum Gasteiger partial charge on any atom is 0.133 e. The molecule has 0 saturated carbocycles. The van der Waals surface area contributed by atoms with E-state index in [1.54, 1.807) is 0 Å². The quantitative estimate of drug-likeness (QED) is 0.674. The van der Waals surface area contributed by atoms with Gasteiger partial charge in [0.05, 0.1) is 11.1 Å². The molecular formula is C14H22BrNO. The molecule has 0 spiro atoms. The van der Waals surface area contributed by atoms with Gasteiger partial charge in [0.25, 0.3) is 0 Å². The van der Waals surface area contributed by atoms with Crippen molar-refractivity contribution in [2.45, 2.75) is 26.7 Å². The predicted octanol–water partition coefficient (Wildman–Crippen LogP) is 3.95. The van der Waals surface area contributed by atoms with Crippen molar-refractivity contribution in [1.29, 1.82) is 0 Å². The Labute approximate surface area is 113 Å². The minimum Gasteiger partial charge on any atom is -0.492 e. The molecule has 0 fully saturated rings. The first-order valence-corrected chi connectivity index (χ1v) is 7.17. The fourth-order valence-electron chi connectivity index (χ4n) is 1.72. The number of nitrogens with zero attached hydrogens (tertiary/aromatic N) is 1. The van der Waals surface area contributed by atoms with Crippen molar-refractivity contribution < 1.29 is 4.74 Å². The minimum absolute atomic E-state index is 0.796. The monoisotopic (exact) mass is 299 g/mol. The Morgan fingerprint density at radius 3 is 2.47 bits per heavy atom. The largest absolute Gasteiger partial charge is 0.492 e. The Morgan fingerprint density at radius 1 is 1.12 bits per heavy atom. The molecule has 0 aliphatic rings. The molecule has 17 heavy (non-hydrogen) atoms. The second-order valence-corrected chi connectivity index (χ2v) is 4.87. The van der Waals surface area contributed by atoms with E-state index in [1.165, 1.54) is 13.0 Å². The van der Waals surface area contributed by atoms with Crippen LogP contribution in [-0.4, -0.2) is 31.1 Å². The average molecular weight is 300 g/mol. The minimum atomic E-state index is 0.796. The molecule has 0 radical (unpaired) electrons. The van der Waals surface area contributed by atoms with Crippen LogP contribution >= 0.6 is 15.9 Å². The van der Waals surface area contributed by atoms with E-state index in [0.717, 1.165) is 36.3 Å². The first-order valence-electron chi connectivity index (χ1n) is 6.37. The number of rotatable bonds is 8. The standard InChI is InChI=1S/C14H22BrNO/c1-3-16(4-2)11-7-8-12-17-14-10-6-5-9-13(14)15/h5-6,9-10H,3-4,7-8,11-12H2,1-2H3. The highest BCUT2D eigenvalue weighted by atomic mass is 79.9. The van der Waals surface area contributed by atoms with Crippen molar-refractivity contribution in [3.63, 3.8) is 0 Å². The van der Waals surface area contributed by atoms with Crippen molar-refractivity contribution in [3.8, 4) is 5.75 Å². The number of hydrogen-bond acceptors (Lipinski definition) is 2. The van der Waals surface area contributed by atoms with Crippen LogP contribution in [0.5, 0.6) is 5.75 Å². The summed E-state index contributed by atoms with van der Waals surface area (Å²) in [4.78, 5) is 2.44. The van der Waals surface area contributed by atoms with Gasteiger partial charge in [-0.25, -0.2) is 0 Å². The highest BCUT2D eigenvalue weighted by Crippen LogP contribution is 2.23. The van der Waals surface area contributed by atoms with Crippen LogP contribution < -0.4 is 4.74 Å². The lowest BCUT2D eigenvalue weighted by Crippen LogP contribution is -2.24. The molecule has 0 aliphatic heterocycles. The Balaban J connectivity index is 2.14. The molecular weight excluding hydrogens is 278 g/mol. The van der Waals surface area contributed by atoms with Gasteiger partial charge in [-0.05, 0) is 60.5 Å². The van der Waals surface area contributed by atoms with Gasteiger partial charge in [-0.15, -0.1) is 0 Å². The van der Waals surface area contributed by atoms with Crippen LogP contribution in [0, 0.1) is 0 Å². The Bertz CT molecular complexity index is 313. The number of halogens is 1. The van der Waals surface area contributed by atoms with Crippen LogP contribution in [0.25, 0.3) is 0 Å². The summed E-state index contributed by atoms with van der Waals surface area (Å²) in [5, 5.41) is 0. The Kier molecular flexibility index (Phi) is 7.29. The lowest BCUT2D eigenvalue weighted by Gasteiger charge is -2.17. The van der Waals surface area contributed by atoms with Gasteiger partial charge < -0.3 is 9.64 Å². The van der Waals surface area contributed by atoms with Gasteiger partial charge in [0.1, 0.15) is 5.75 Å².